The summed E-state index contributed by atoms with van der Waals surface area (Å²) in [4.78, 5) is 15.6. The van der Waals surface area contributed by atoms with Gasteiger partial charge < -0.3 is 11.1 Å². The van der Waals surface area contributed by atoms with Gasteiger partial charge in [0, 0.05) is 6.04 Å². The van der Waals surface area contributed by atoms with Crippen LogP contribution in [-0.4, -0.2) is 27.1 Å². The molecular formula is C10H15N5O. The van der Waals surface area contributed by atoms with E-state index in [2.05, 4.69) is 20.5 Å². The van der Waals surface area contributed by atoms with E-state index in [1.54, 1.807) is 0 Å². The number of rotatable bonds is 2. The van der Waals surface area contributed by atoms with Crippen LogP contribution in [0.2, 0.25) is 0 Å². The van der Waals surface area contributed by atoms with Crippen molar-refractivity contribution in [2.75, 3.05) is 5.73 Å². The Kier molecular flexibility index (Phi) is 2.08. The van der Waals surface area contributed by atoms with Crippen LogP contribution in [0, 0.1) is 11.8 Å². The fraction of sp³-hybridized carbons (Fsp3) is 0.700. The van der Waals surface area contributed by atoms with E-state index in [9.17, 15) is 4.79 Å². The standard InChI is InChI=1S/C10H15N5O/c11-10-13-8(14-15-10)9(16)12-7-4-5-1-2-6(7)3-5/h5-7H,1-4H2,(H,12,16)(H3,11,13,14,15). The number of hydrogen-bond acceptors (Lipinski definition) is 4. The molecule has 2 bridgehead atoms. The molecule has 1 heterocycles. The van der Waals surface area contributed by atoms with Gasteiger partial charge in [0.15, 0.2) is 0 Å². The second kappa shape index (κ2) is 3.47. The lowest BCUT2D eigenvalue weighted by atomic mass is 9.95. The molecule has 0 spiro atoms. The van der Waals surface area contributed by atoms with Crippen molar-refractivity contribution >= 4 is 11.9 Å². The molecule has 3 atom stereocenters. The Labute approximate surface area is 93.0 Å². The molecule has 0 saturated heterocycles. The Morgan fingerprint density at radius 1 is 1.44 bits per heavy atom. The highest BCUT2D eigenvalue weighted by atomic mass is 16.2. The first-order chi connectivity index (χ1) is 7.72. The van der Waals surface area contributed by atoms with E-state index in [0.717, 1.165) is 12.3 Å². The average Bonchev–Trinajstić information content (AvgIpc) is 2.92. The number of H-pyrrole nitrogens is 1. The molecule has 1 aromatic heterocycles. The largest absolute Gasteiger partial charge is 0.366 e. The minimum absolute atomic E-state index is 0.109. The summed E-state index contributed by atoms with van der Waals surface area (Å²) in [6.07, 6.45) is 4.95. The minimum Gasteiger partial charge on any atom is -0.366 e. The van der Waals surface area contributed by atoms with Crippen LogP contribution in [0.5, 0.6) is 0 Å². The number of anilines is 1. The monoisotopic (exact) mass is 221 g/mol. The number of nitrogens with two attached hydrogens (primary N) is 1. The maximum atomic E-state index is 11.8. The lowest BCUT2D eigenvalue weighted by Crippen LogP contribution is -2.38. The van der Waals surface area contributed by atoms with E-state index in [1.165, 1.54) is 19.3 Å². The molecule has 6 heteroatoms. The van der Waals surface area contributed by atoms with Crippen molar-refractivity contribution in [1.82, 2.24) is 20.5 Å². The summed E-state index contributed by atoms with van der Waals surface area (Å²) in [5.41, 5.74) is 5.35. The number of carbonyl (C=O) groups excluding carboxylic acids is 1. The fourth-order valence-corrected chi connectivity index (χ4v) is 3.03. The van der Waals surface area contributed by atoms with Gasteiger partial charge in [-0.05, 0) is 31.1 Å². The third-order valence-electron chi connectivity index (χ3n) is 3.77. The average molecular weight is 221 g/mol. The Morgan fingerprint density at radius 2 is 2.31 bits per heavy atom. The van der Waals surface area contributed by atoms with Crippen molar-refractivity contribution in [3.05, 3.63) is 5.82 Å². The molecule has 3 rings (SSSR count). The third-order valence-corrected chi connectivity index (χ3v) is 3.77. The van der Waals surface area contributed by atoms with E-state index >= 15 is 0 Å². The van der Waals surface area contributed by atoms with Gasteiger partial charge in [0.05, 0.1) is 0 Å². The van der Waals surface area contributed by atoms with E-state index in [0.29, 0.717) is 12.0 Å². The normalized spacial score (nSPS) is 31.9. The Balaban J connectivity index is 1.65. The highest BCUT2D eigenvalue weighted by Crippen LogP contribution is 2.44. The first kappa shape index (κ1) is 9.62. The number of nitrogen functional groups attached to an aromatic ring is 1. The van der Waals surface area contributed by atoms with Crippen molar-refractivity contribution in [2.45, 2.75) is 31.7 Å². The van der Waals surface area contributed by atoms with Crippen molar-refractivity contribution in [2.24, 2.45) is 11.8 Å². The van der Waals surface area contributed by atoms with Crippen LogP contribution in [0.3, 0.4) is 0 Å². The molecule has 2 aliphatic carbocycles. The molecule has 1 amide bonds. The number of carbonyl (C=O) groups is 1. The first-order valence-electron chi connectivity index (χ1n) is 5.71. The van der Waals surface area contributed by atoms with Crippen LogP contribution in [-0.2, 0) is 0 Å². The van der Waals surface area contributed by atoms with E-state index < -0.39 is 0 Å². The molecule has 2 fully saturated rings. The number of hydrogen-bond donors (Lipinski definition) is 3. The molecular weight excluding hydrogens is 206 g/mol. The third kappa shape index (κ3) is 1.54. The number of aromatic amines is 1. The molecule has 0 aromatic carbocycles. The second-order valence-corrected chi connectivity index (χ2v) is 4.80. The number of amides is 1. The molecule has 0 aliphatic heterocycles. The van der Waals surface area contributed by atoms with Crippen LogP contribution >= 0.6 is 0 Å². The van der Waals surface area contributed by atoms with Crippen molar-refractivity contribution in [3.8, 4) is 0 Å². The maximum absolute atomic E-state index is 11.8. The molecule has 1 aromatic rings. The van der Waals surface area contributed by atoms with Crippen LogP contribution in [0.4, 0.5) is 5.95 Å². The van der Waals surface area contributed by atoms with Crippen molar-refractivity contribution in [1.29, 1.82) is 0 Å². The first-order valence-corrected chi connectivity index (χ1v) is 5.71. The van der Waals surface area contributed by atoms with E-state index in [4.69, 9.17) is 5.73 Å². The van der Waals surface area contributed by atoms with Crippen molar-refractivity contribution < 1.29 is 4.79 Å². The van der Waals surface area contributed by atoms with Crippen LogP contribution in [0.25, 0.3) is 0 Å². The quantitative estimate of drug-likeness (QED) is 0.669. The zero-order valence-electron chi connectivity index (χ0n) is 8.94. The van der Waals surface area contributed by atoms with Gasteiger partial charge in [-0.15, -0.1) is 5.10 Å². The molecule has 2 saturated carbocycles. The minimum atomic E-state index is -0.193. The summed E-state index contributed by atoms with van der Waals surface area (Å²) in [7, 11) is 0. The summed E-state index contributed by atoms with van der Waals surface area (Å²) in [6, 6.07) is 0.317. The summed E-state index contributed by atoms with van der Waals surface area (Å²) in [5.74, 6) is 1.60. The Morgan fingerprint density at radius 3 is 2.88 bits per heavy atom. The fourth-order valence-electron chi connectivity index (χ4n) is 3.03. The zero-order chi connectivity index (χ0) is 11.1. The maximum Gasteiger partial charge on any atom is 0.288 e. The van der Waals surface area contributed by atoms with Gasteiger partial charge in [-0.3, -0.25) is 9.89 Å². The van der Waals surface area contributed by atoms with Gasteiger partial charge in [0.1, 0.15) is 0 Å². The summed E-state index contributed by atoms with van der Waals surface area (Å²) in [5, 5.41) is 9.18. The summed E-state index contributed by atoms with van der Waals surface area (Å²) in [6.45, 7) is 0. The van der Waals surface area contributed by atoms with E-state index in [1.807, 2.05) is 0 Å². The molecule has 6 nitrogen and oxygen atoms in total. The molecule has 86 valence electrons. The molecule has 0 radical (unpaired) electrons. The van der Waals surface area contributed by atoms with Crippen LogP contribution in [0.1, 0.15) is 36.3 Å². The highest BCUT2D eigenvalue weighted by Gasteiger charge is 2.40. The Hall–Kier alpha value is -1.59. The predicted octanol–water partition coefficient (Wildman–Crippen LogP) is 0.305. The van der Waals surface area contributed by atoms with Gasteiger partial charge >= 0.3 is 0 Å². The molecule has 16 heavy (non-hydrogen) atoms. The van der Waals surface area contributed by atoms with Gasteiger partial charge in [-0.1, -0.05) is 6.42 Å². The van der Waals surface area contributed by atoms with Crippen molar-refractivity contribution in [3.63, 3.8) is 0 Å². The van der Waals surface area contributed by atoms with Gasteiger partial charge in [-0.2, -0.15) is 4.98 Å². The summed E-state index contributed by atoms with van der Waals surface area (Å²) < 4.78 is 0. The number of fused-ring (bicyclic) bond motifs is 2. The SMILES string of the molecule is Nc1n[nH]c(C(=O)NC2CC3CCC2C3)n1. The smallest absolute Gasteiger partial charge is 0.288 e. The Bertz CT molecular complexity index is 415. The molecule has 4 N–H and O–H groups in total. The van der Waals surface area contributed by atoms with Crippen LogP contribution < -0.4 is 11.1 Å². The number of nitrogens with zero attached hydrogens (tertiary/aromatic N) is 2. The highest BCUT2D eigenvalue weighted by molar-refractivity contribution is 5.90. The molecule has 2 aliphatic rings. The predicted molar refractivity (Wildman–Crippen MR) is 57.5 cm³/mol. The molecule has 3 unspecified atom stereocenters. The number of nitrogens with one attached hydrogen (secondary N) is 2. The van der Waals surface area contributed by atoms with Gasteiger partial charge in [0.25, 0.3) is 5.91 Å². The summed E-state index contributed by atoms with van der Waals surface area (Å²) >= 11 is 0. The number of aromatic nitrogens is 3. The van der Waals surface area contributed by atoms with Gasteiger partial charge in [0.2, 0.25) is 11.8 Å². The van der Waals surface area contributed by atoms with Crippen LogP contribution in [0.15, 0.2) is 0 Å². The lowest BCUT2D eigenvalue weighted by molar-refractivity contribution is 0.0913. The lowest BCUT2D eigenvalue weighted by Gasteiger charge is -2.22. The van der Waals surface area contributed by atoms with Gasteiger partial charge in [-0.25, -0.2) is 0 Å². The van der Waals surface area contributed by atoms with E-state index in [-0.39, 0.29) is 17.7 Å². The second-order valence-electron chi connectivity index (χ2n) is 4.80. The topological polar surface area (TPSA) is 96.7 Å². The zero-order valence-corrected chi connectivity index (χ0v) is 8.94.